The van der Waals surface area contributed by atoms with Crippen LogP contribution in [0.2, 0.25) is 0 Å². The van der Waals surface area contributed by atoms with Crippen molar-refractivity contribution in [3.05, 3.63) is 35.6 Å². The lowest BCUT2D eigenvalue weighted by Gasteiger charge is -2.09. The van der Waals surface area contributed by atoms with Crippen LogP contribution >= 0.6 is 11.5 Å². The third-order valence-electron chi connectivity index (χ3n) is 2.63. The fourth-order valence-electron chi connectivity index (χ4n) is 1.58. The van der Waals surface area contributed by atoms with Crippen LogP contribution in [0.1, 0.15) is 24.3 Å². The zero-order valence-corrected chi connectivity index (χ0v) is 12.8. The summed E-state index contributed by atoms with van der Waals surface area (Å²) in [6.07, 6.45) is 3.19. The Hall–Kier alpha value is -2.28. The normalized spacial score (nSPS) is 11.0. The van der Waals surface area contributed by atoms with Gasteiger partial charge in [-0.2, -0.15) is 4.37 Å². The number of carbonyl (C=O) groups is 2. The van der Waals surface area contributed by atoms with Gasteiger partial charge in [0, 0.05) is 24.7 Å². The van der Waals surface area contributed by atoms with E-state index >= 15 is 0 Å². The largest absolute Gasteiger partial charge is 0.462 e. The van der Waals surface area contributed by atoms with Gasteiger partial charge in [0.15, 0.2) is 5.82 Å². The van der Waals surface area contributed by atoms with Crippen LogP contribution in [0.3, 0.4) is 0 Å². The molecule has 0 N–H and O–H groups in total. The van der Waals surface area contributed by atoms with Crippen molar-refractivity contribution in [3.63, 3.8) is 0 Å². The number of Topliss-reactive ketones (excluding diaryl/α,β-unsaturated/α-hetero) is 1. The first-order chi connectivity index (χ1) is 9.95. The summed E-state index contributed by atoms with van der Waals surface area (Å²) in [5, 5.41) is 0.455. The average Bonchev–Trinajstić information content (AvgIpc) is 3.03. The number of ketones is 1. The third kappa shape index (κ3) is 4.09. The van der Waals surface area contributed by atoms with Crippen molar-refractivity contribution in [3.8, 4) is 0 Å². The molecule has 0 aliphatic carbocycles. The van der Waals surface area contributed by atoms with Crippen LogP contribution in [0.15, 0.2) is 22.6 Å². The molecule has 1 amide bonds. The molecule has 0 unspecified atom stereocenters. The summed E-state index contributed by atoms with van der Waals surface area (Å²) in [5.41, 5.74) is 0. The van der Waals surface area contributed by atoms with Crippen LogP contribution in [0.5, 0.6) is 0 Å². The molecule has 21 heavy (non-hydrogen) atoms. The van der Waals surface area contributed by atoms with Crippen LogP contribution in [0.4, 0.5) is 5.13 Å². The SMILES string of the molecule is CC(=O)Cc1nsc(N(C)C(=O)/C=C/c2ccc(C)o2)n1. The highest BCUT2D eigenvalue weighted by Gasteiger charge is 2.14. The highest BCUT2D eigenvalue weighted by atomic mass is 32.1. The third-order valence-corrected chi connectivity index (χ3v) is 3.46. The van der Waals surface area contributed by atoms with Crippen LogP contribution < -0.4 is 4.90 Å². The molecule has 2 heterocycles. The van der Waals surface area contributed by atoms with Gasteiger partial charge in [0.05, 0.1) is 6.42 Å². The molecular formula is C14H15N3O3S. The maximum Gasteiger partial charge on any atom is 0.252 e. The molecule has 0 bridgehead atoms. The summed E-state index contributed by atoms with van der Waals surface area (Å²) < 4.78 is 9.40. The summed E-state index contributed by atoms with van der Waals surface area (Å²) in [7, 11) is 1.61. The minimum Gasteiger partial charge on any atom is -0.462 e. The van der Waals surface area contributed by atoms with Gasteiger partial charge in [-0.3, -0.25) is 14.5 Å². The smallest absolute Gasteiger partial charge is 0.252 e. The predicted octanol–water partition coefficient (Wildman–Crippen LogP) is 2.25. The Kier molecular flexibility index (Phi) is 4.64. The molecule has 7 heteroatoms. The van der Waals surface area contributed by atoms with E-state index in [4.69, 9.17) is 4.42 Å². The standard InChI is InChI=1S/C14H15N3O3S/c1-9(18)8-12-15-14(21-16-12)17(3)13(19)7-6-11-5-4-10(2)20-11/h4-7H,8H2,1-3H3/b7-6+. The molecule has 0 aliphatic heterocycles. The number of hydrogen-bond donors (Lipinski definition) is 0. The Morgan fingerprint density at radius 3 is 2.81 bits per heavy atom. The van der Waals surface area contributed by atoms with Gasteiger partial charge in [-0.1, -0.05) is 0 Å². The molecule has 2 aromatic rings. The highest BCUT2D eigenvalue weighted by molar-refractivity contribution is 7.09. The molecule has 0 saturated carbocycles. The maximum atomic E-state index is 12.0. The fourth-order valence-corrected chi connectivity index (χ4v) is 2.23. The number of aryl methyl sites for hydroxylation is 1. The topological polar surface area (TPSA) is 76.3 Å². The molecule has 0 radical (unpaired) electrons. The molecule has 0 aromatic carbocycles. The zero-order chi connectivity index (χ0) is 15.4. The van der Waals surface area contributed by atoms with Gasteiger partial charge in [-0.25, -0.2) is 4.98 Å². The number of nitrogens with zero attached hydrogens (tertiary/aromatic N) is 3. The lowest BCUT2D eigenvalue weighted by atomic mass is 10.3. The molecule has 2 rings (SSSR count). The number of anilines is 1. The quantitative estimate of drug-likeness (QED) is 0.792. The minimum atomic E-state index is -0.241. The second-order valence-corrected chi connectivity index (χ2v) is 5.28. The van der Waals surface area contributed by atoms with Gasteiger partial charge in [-0.15, -0.1) is 0 Å². The van der Waals surface area contributed by atoms with E-state index in [1.165, 1.54) is 17.9 Å². The number of aromatic nitrogens is 2. The summed E-state index contributed by atoms with van der Waals surface area (Å²) in [6, 6.07) is 3.61. The van der Waals surface area contributed by atoms with Gasteiger partial charge in [0.25, 0.3) is 5.91 Å². The molecular weight excluding hydrogens is 290 g/mol. The number of amides is 1. The average molecular weight is 305 g/mol. The molecule has 0 saturated heterocycles. The maximum absolute atomic E-state index is 12.0. The van der Waals surface area contributed by atoms with Crippen molar-refractivity contribution in [2.24, 2.45) is 0 Å². The summed E-state index contributed by atoms with van der Waals surface area (Å²) in [4.78, 5) is 28.6. The van der Waals surface area contributed by atoms with E-state index in [-0.39, 0.29) is 18.1 Å². The molecule has 2 aromatic heterocycles. The van der Waals surface area contributed by atoms with E-state index < -0.39 is 0 Å². The first kappa shape index (κ1) is 15.1. The highest BCUT2D eigenvalue weighted by Crippen LogP contribution is 2.17. The minimum absolute atomic E-state index is 0.0126. The van der Waals surface area contributed by atoms with E-state index in [1.807, 2.05) is 13.0 Å². The Bertz CT molecular complexity index is 687. The predicted molar refractivity (Wildman–Crippen MR) is 80.2 cm³/mol. The van der Waals surface area contributed by atoms with E-state index in [9.17, 15) is 9.59 Å². The van der Waals surface area contributed by atoms with Gasteiger partial charge in [0.1, 0.15) is 17.3 Å². The van der Waals surface area contributed by atoms with E-state index in [2.05, 4.69) is 9.36 Å². The second-order valence-electron chi connectivity index (χ2n) is 4.55. The van der Waals surface area contributed by atoms with Crippen LogP contribution in [0.25, 0.3) is 6.08 Å². The van der Waals surface area contributed by atoms with Gasteiger partial charge in [-0.05, 0) is 32.1 Å². The molecule has 0 aliphatic rings. The molecule has 0 atom stereocenters. The van der Waals surface area contributed by atoms with Crippen molar-refractivity contribution in [2.75, 3.05) is 11.9 Å². The van der Waals surface area contributed by atoms with Crippen molar-refractivity contribution in [1.82, 2.24) is 9.36 Å². The molecule has 6 nitrogen and oxygen atoms in total. The monoisotopic (exact) mass is 305 g/mol. The summed E-state index contributed by atoms with van der Waals surface area (Å²) >= 11 is 1.09. The number of carbonyl (C=O) groups excluding carboxylic acids is 2. The fraction of sp³-hybridized carbons (Fsp3) is 0.286. The first-order valence-electron chi connectivity index (χ1n) is 6.30. The molecule has 0 fully saturated rings. The second kappa shape index (κ2) is 6.45. The Labute approximate surface area is 126 Å². The van der Waals surface area contributed by atoms with E-state index in [0.717, 1.165) is 17.3 Å². The van der Waals surface area contributed by atoms with Crippen molar-refractivity contribution in [1.29, 1.82) is 0 Å². The summed E-state index contributed by atoms with van der Waals surface area (Å²) in [5.74, 6) is 1.58. The van der Waals surface area contributed by atoms with Crippen LogP contribution in [-0.4, -0.2) is 28.1 Å². The Morgan fingerprint density at radius 2 is 2.19 bits per heavy atom. The van der Waals surface area contributed by atoms with Crippen molar-refractivity contribution >= 4 is 34.4 Å². The first-order valence-corrected chi connectivity index (χ1v) is 7.07. The molecule has 110 valence electrons. The Morgan fingerprint density at radius 1 is 1.43 bits per heavy atom. The number of likely N-dealkylation sites (N-methyl/N-ethyl adjacent to an activating group) is 1. The number of furan rings is 1. The van der Waals surface area contributed by atoms with Gasteiger partial charge in [0.2, 0.25) is 5.13 Å². The van der Waals surface area contributed by atoms with Crippen LogP contribution in [-0.2, 0) is 16.0 Å². The lowest BCUT2D eigenvalue weighted by Crippen LogP contribution is -2.23. The van der Waals surface area contributed by atoms with Crippen LogP contribution in [0, 0.1) is 6.92 Å². The van der Waals surface area contributed by atoms with E-state index in [1.54, 1.807) is 19.2 Å². The number of rotatable bonds is 5. The van der Waals surface area contributed by atoms with Crippen molar-refractivity contribution < 1.29 is 14.0 Å². The molecule has 0 spiro atoms. The summed E-state index contributed by atoms with van der Waals surface area (Å²) in [6.45, 7) is 3.31. The number of hydrogen-bond acceptors (Lipinski definition) is 6. The Balaban J connectivity index is 2.03. The zero-order valence-electron chi connectivity index (χ0n) is 12.0. The lowest BCUT2D eigenvalue weighted by molar-refractivity contribution is -0.116. The van der Waals surface area contributed by atoms with Crippen molar-refractivity contribution in [2.45, 2.75) is 20.3 Å². The van der Waals surface area contributed by atoms with Gasteiger partial charge < -0.3 is 4.42 Å². The van der Waals surface area contributed by atoms with E-state index in [0.29, 0.717) is 16.7 Å². The van der Waals surface area contributed by atoms with Gasteiger partial charge >= 0.3 is 0 Å².